The molecule has 0 amide bonds. The lowest BCUT2D eigenvalue weighted by atomic mass is 10.1. The zero-order chi connectivity index (χ0) is 37.8. The van der Waals surface area contributed by atoms with E-state index < -0.39 is 59.3 Å². The molecule has 0 spiro atoms. The molecule has 0 aromatic heterocycles. The topological polar surface area (TPSA) is 165 Å². The van der Waals surface area contributed by atoms with E-state index in [1.54, 1.807) is 20.8 Å². The predicted molar refractivity (Wildman–Crippen MR) is 188 cm³/mol. The van der Waals surface area contributed by atoms with Gasteiger partial charge in [-0.3, -0.25) is 29.2 Å². The van der Waals surface area contributed by atoms with Gasteiger partial charge in [0.05, 0.1) is 16.8 Å². The van der Waals surface area contributed by atoms with Crippen LogP contribution in [0.2, 0.25) is 0 Å². The van der Waals surface area contributed by atoms with Gasteiger partial charge in [0.1, 0.15) is 11.6 Å². The maximum atomic E-state index is 13.6. The molecule has 1 rings (SSSR count). The highest BCUT2D eigenvalue weighted by molar-refractivity contribution is 5.77. The predicted octanol–water partition coefficient (Wildman–Crippen LogP) is 2.18. The van der Waals surface area contributed by atoms with Crippen molar-refractivity contribution in [3.05, 3.63) is 0 Å². The number of ether oxygens (including phenoxy) is 4. The summed E-state index contributed by atoms with van der Waals surface area (Å²) in [7, 11) is 0. The smallest absolute Gasteiger partial charge is 0.323 e. The Balaban J connectivity index is 3.48. The highest BCUT2D eigenvalue weighted by Gasteiger charge is 2.33. The molecule has 1 fully saturated rings. The van der Waals surface area contributed by atoms with E-state index in [0.29, 0.717) is 52.4 Å². The summed E-state index contributed by atoms with van der Waals surface area (Å²) >= 11 is 0. The number of β-amino-alcohol motifs (C(OH)–C–C–N with tert-alkyl or cyclic N) is 3. The first kappa shape index (κ1) is 45.6. The van der Waals surface area contributed by atoms with Crippen LogP contribution in [0.3, 0.4) is 0 Å². The fourth-order valence-corrected chi connectivity index (χ4v) is 5.49. The lowest BCUT2D eigenvalue weighted by Gasteiger charge is -2.38. The number of aliphatic carboxylic acids is 1. The zero-order valence-electron chi connectivity index (χ0n) is 32.5. The van der Waals surface area contributed by atoms with Crippen molar-refractivity contribution in [2.75, 3.05) is 72.0 Å². The van der Waals surface area contributed by atoms with Crippen molar-refractivity contribution in [3.63, 3.8) is 0 Å². The summed E-state index contributed by atoms with van der Waals surface area (Å²) in [4.78, 5) is 33.4. The fourth-order valence-electron chi connectivity index (χ4n) is 5.49. The second-order valence-corrected chi connectivity index (χ2v) is 17.0. The van der Waals surface area contributed by atoms with Crippen molar-refractivity contribution in [1.29, 1.82) is 0 Å². The Bertz CT molecular complexity index is 933. The molecule has 4 N–H and O–H groups in total. The van der Waals surface area contributed by atoms with Crippen LogP contribution >= 0.6 is 0 Å². The van der Waals surface area contributed by atoms with Gasteiger partial charge in [-0.05, 0) is 89.5 Å². The molecule has 1 saturated heterocycles. The molecule has 4 atom stereocenters. The number of nitrogens with zero attached hydrogens (tertiary/aromatic N) is 4. The summed E-state index contributed by atoms with van der Waals surface area (Å²) in [5.41, 5.74) is -2.44. The third-order valence-corrected chi connectivity index (χ3v) is 7.33. The van der Waals surface area contributed by atoms with Crippen LogP contribution in [0.25, 0.3) is 0 Å². The number of hydrogen-bond acceptors (Lipinski definition) is 13. The first-order valence-electron chi connectivity index (χ1n) is 17.6. The molecular weight excluding hydrogens is 636 g/mol. The van der Waals surface area contributed by atoms with Gasteiger partial charge in [-0.15, -0.1) is 0 Å². The number of rotatable bonds is 14. The average Bonchev–Trinajstić information content (AvgIpc) is 2.85. The van der Waals surface area contributed by atoms with E-state index in [1.165, 1.54) is 0 Å². The molecule has 49 heavy (non-hydrogen) atoms. The molecule has 1 aliphatic heterocycles. The van der Waals surface area contributed by atoms with E-state index in [4.69, 9.17) is 18.9 Å². The third-order valence-electron chi connectivity index (χ3n) is 7.33. The molecule has 290 valence electrons. The molecule has 0 aromatic rings. The Morgan fingerprint density at radius 3 is 1.12 bits per heavy atom. The van der Waals surface area contributed by atoms with Gasteiger partial charge in [-0.1, -0.05) is 0 Å². The molecule has 0 aromatic carbocycles. The van der Waals surface area contributed by atoms with Crippen LogP contribution in [-0.2, 0) is 28.5 Å². The van der Waals surface area contributed by atoms with Crippen LogP contribution < -0.4 is 0 Å². The van der Waals surface area contributed by atoms with Gasteiger partial charge in [0.2, 0.25) is 0 Å². The molecule has 0 aliphatic carbocycles. The quantitative estimate of drug-likeness (QED) is 0.153. The van der Waals surface area contributed by atoms with E-state index >= 15 is 0 Å². The minimum atomic E-state index is -1.07. The SMILES string of the molecule is CC(C)(C)OC(=O)C(CCC(=O)O)N1CCN(CC(O)OC(C)(C)C)CCN(CC(O)OC(C)(C)C)CCN(CC(O)OC(C)(C)C)CC1. The van der Waals surface area contributed by atoms with E-state index in [0.717, 1.165) is 0 Å². The number of hydrogen-bond donors (Lipinski definition) is 4. The number of carbonyl (C=O) groups excluding carboxylic acids is 1. The molecule has 0 bridgehead atoms. The van der Waals surface area contributed by atoms with Crippen LogP contribution in [0.15, 0.2) is 0 Å². The first-order chi connectivity index (χ1) is 22.2. The summed E-state index contributed by atoms with van der Waals surface area (Å²) in [6.45, 7) is 26.5. The van der Waals surface area contributed by atoms with Crippen LogP contribution in [0, 0.1) is 0 Å². The second-order valence-electron chi connectivity index (χ2n) is 17.0. The van der Waals surface area contributed by atoms with E-state index in [9.17, 15) is 30.0 Å². The normalized spacial score (nSPS) is 20.6. The number of carboxylic acids is 1. The largest absolute Gasteiger partial charge is 0.481 e. The number of carbonyl (C=O) groups is 2. The Labute approximate surface area is 295 Å². The summed E-state index contributed by atoms with van der Waals surface area (Å²) < 4.78 is 23.2. The van der Waals surface area contributed by atoms with Gasteiger partial charge in [-0.2, -0.15) is 0 Å². The van der Waals surface area contributed by atoms with Gasteiger partial charge in [-0.25, -0.2) is 0 Å². The molecule has 0 saturated carbocycles. The van der Waals surface area contributed by atoms with Crippen molar-refractivity contribution in [2.24, 2.45) is 0 Å². The Kier molecular flexibility index (Phi) is 18.6. The van der Waals surface area contributed by atoms with Gasteiger partial charge in [0, 0.05) is 78.4 Å². The van der Waals surface area contributed by atoms with Crippen LogP contribution in [0.1, 0.15) is 95.9 Å². The average molecular weight is 707 g/mol. The Morgan fingerprint density at radius 1 is 0.551 bits per heavy atom. The van der Waals surface area contributed by atoms with Crippen LogP contribution in [0.5, 0.6) is 0 Å². The van der Waals surface area contributed by atoms with Crippen molar-refractivity contribution < 1.29 is 49.0 Å². The van der Waals surface area contributed by atoms with E-state index in [2.05, 4.69) is 14.7 Å². The standard InChI is InChI=1S/C35H70N4O10/c1-32(2,3)46-28(42)23-36-15-17-37(24-29(43)47-33(4,5)6)19-21-39(26(13-14-27(40)41)31(45)49-35(10,11)12)22-20-38(18-16-36)25-30(44)48-34(7,8)9/h26,28-30,42-44H,13-25H2,1-12H3,(H,40,41). The minimum Gasteiger partial charge on any atom is -0.481 e. The maximum Gasteiger partial charge on any atom is 0.323 e. The molecule has 1 aliphatic rings. The number of carboxylic acid groups (broad SMARTS) is 1. The van der Waals surface area contributed by atoms with Crippen LogP contribution in [-0.4, -0.2) is 171 Å². The third kappa shape index (κ3) is 22.9. The summed E-state index contributed by atoms with van der Waals surface area (Å²) in [5.74, 6) is -1.50. The molecule has 0 radical (unpaired) electrons. The van der Waals surface area contributed by atoms with E-state index in [1.807, 2.05) is 67.2 Å². The second kappa shape index (κ2) is 20.0. The highest BCUT2D eigenvalue weighted by Crippen LogP contribution is 2.18. The molecule has 14 heteroatoms. The lowest BCUT2D eigenvalue weighted by Crippen LogP contribution is -2.53. The summed E-state index contributed by atoms with van der Waals surface area (Å²) in [6.07, 6.45) is -3.32. The Morgan fingerprint density at radius 2 is 0.857 bits per heavy atom. The monoisotopic (exact) mass is 707 g/mol. The minimum absolute atomic E-state index is 0.0647. The maximum absolute atomic E-state index is 13.6. The van der Waals surface area contributed by atoms with Gasteiger partial charge < -0.3 is 39.4 Å². The number of esters is 1. The highest BCUT2D eigenvalue weighted by atomic mass is 16.6. The van der Waals surface area contributed by atoms with Crippen molar-refractivity contribution in [3.8, 4) is 0 Å². The van der Waals surface area contributed by atoms with Gasteiger partial charge in [0.25, 0.3) is 0 Å². The van der Waals surface area contributed by atoms with Gasteiger partial charge >= 0.3 is 11.9 Å². The summed E-state index contributed by atoms with van der Waals surface area (Å²) in [5, 5.41) is 42.1. The Hall–Kier alpha value is -1.46. The molecule has 1 heterocycles. The number of aliphatic hydroxyl groups excluding tert-OH is 3. The lowest BCUT2D eigenvalue weighted by molar-refractivity contribution is -0.181. The molecular formula is C35H70N4O10. The van der Waals surface area contributed by atoms with Crippen LogP contribution in [0.4, 0.5) is 0 Å². The zero-order valence-corrected chi connectivity index (χ0v) is 32.5. The fraction of sp³-hybridized carbons (Fsp3) is 0.943. The number of aliphatic hydroxyl groups is 3. The summed E-state index contributed by atoms with van der Waals surface area (Å²) in [6, 6.07) is -0.824. The molecule has 14 nitrogen and oxygen atoms in total. The first-order valence-corrected chi connectivity index (χ1v) is 17.6. The van der Waals surface area contributed by atoms with Crippen molar-refractivity contribution >= 4 is 11.9 Å². The van der Waals surface area contributed by atoms with E-state index in [-0.39, 0.29) is 32.5 Å². The van der Waals surface area contributed by atoms with Crippen molar-refractivity contribution in [2.45, 2.75) is 143 Å². The van der Waals surface area contributed by atoms with Gasteiger partial charge in [0.15, 0.2) is 18.9 Å². The van der Waals surface area contributed by atoms with Crippen molar-refractivity contribution in [1.82, 2.24) is 19.6 Å². The molecule has 4 unspecified atom stereocenters.